The SMILES string of the molecule is CCN(Cc1ccc2c(c1)C(=O)N(C1CCC(=O)NC1=O)C2)C(C)CC(=O)N1CCNCC1. The van der Waals surface area contributed by atoms with Gasteiger partial charge in [0.05, 0.1) is 0 Å². The maximum atomic E-state index is 13.1. The number of rotatable bonds is 7. The molecule has 9 heteroatoms. The highest BCUT2D eigenvalue weighted by Gasteiger charge is 2.39. The van der Waals surface area contributed by atoms with E-state index in [-0.39, 0.29) is 30.2 Å². The van der Waals surface area contributed by atoms with Gasteiger partial charge in [-0.25, -0.2) is 0 Å². The predicted molar refractivity (Wildman–Crippen MR) is 122 cm³/mol. The second-order valence-corrected chi connectivity index (χ2v) is 9.14. The van der Waals surface area contributed by atoms with E-state index in [1.807, 2.05) is 23.1 Å². The second-order valence-electron chi connectivity index (χ2n) is 9.14. The van der Waals surface area contributed by atoms with Crippen LogP contribution in [0.1, 0.15) is 54.6 Å². The molecule has 4 rings (SSSR count). The highest BCUT2D eigenvalue weighted by molar-refractivity contribution is 6.05. The number of hydrogen-bond acceptors (Lipinski definition) is 6. The van der Waals surface area contributed by atoms with E-state index in [0.717, 1.165) is 43.9 Å². The van der Waals surface area contributed by atoms with Crippen molar-refractivity contribution in [2.45, 2.75) is 58.3 Å². The van der Waals surface area contributed by atoms with Gasteiger partial charge in [-0.3, -0.25) is 29.4 Å². The summed E-state index contributed by atoms with van der Waals surface area (Å²) in [6, 6.07) is 5.37. The highest BCUT2D eigenvalue weighted by atomic mass is 16.2. The molecule has 3 aliphatic rings. The first-order valence-electron chi connectivity index (χ1n) is 11.9. The molecule has 33 heavy (non-hydrogen) atoms. The van der Waals surface area contributed by atoms with E-state index in [1.54, 1.807) is 4.90 Å². The molecule has 9 nitrogen and oxygen atoms in total. The molecule has 2 fully saturated rings. The van der Waals surface area contributed by atoms with Gasteiger partial charge in [-0.2, -0.15) is 0 Å². The topological polar surface area (TPSA) is 102 Å². The second kappa shape index (κ2) is 10.0. The van der Waals surface area contributed by atoms with Crippen LogP contribution in [0.2, 0.25) is 0 Å². The summed E-state index contributed by atoms with van der Waals surface area (Å²) in [5.74, 6) is -0.655. The van der Waals surface area contributed by atoms with Crippen molar-refractivity contribution in [1.82, 2.24) is 25.3 Å². The molecule has 0 saturated carbocycles. The van der Waals surface area contributed by atoms with Gasteiger partial charge in [-0.1, -0.05) is 19.1 Å². The average molecular weight is 456 g/mol. The lowest BCUT2D eigenvalue weighted by Gasteiger charge is -2.32. The first kappa shape index (κ1) is 23.4. The van der Waals surface area contributed by atoms with Crippen molar-refractivity contribution in [3.63, 3.8) is 0 Å². The molecule has 0 aromatic heterocycles. The minimum atomic E-state index is -0.603. The lowest BCUT2D eigenvalue weighted by Crippen LogP contribution is -2.52. The van der Waals surface area contributed by atoms with E-state index < -0.39 is 11.9 Å². The first-order chi connectivity index (χ1) is 15.9. The third kappa shape index (κ3) is 5.09. The van der Waals surface area contributed by atoms with E-state index in [4.69, 9.17) is 0 Å². The Morgan fingerprint density at radius 3 is 2.67 bits per heavy atom. The van der Waals surface area contributed by atoms with Gasteiger partial charge in [-0.15, -0.1) is 0 Å². The van der Waals surface area contributed by atoms with E-state index in [9.17, 15) is 19.2 Å². The largest absolute Gasteiger partial charge is 0.340 e. The van der Waals surface area contributed by atoms with Gasteiger partial charge >= 0.3 is 0 Å². The Hall–Kier alpha value is -2.78. The number of piperidine rings is 1. The van der Waals surface area contributed by atoms with Crippen LogP contribution in [0.15, 0.2) is 18.2 Å². The molecule has 2 saturated heterocycles. The van der Waals surface area contributed by atoms with Crippen LogP contribution in [0, 0.1) is 0 Å². The van der Waals surface area contributed by atoms with Gasteiger partial charge in [0.25, 0.3) is 5.91 Å². The molecule has 2 atom stereocenters. The Balaban J connectivity index is 1.40. The Morgan fingerprint density at radius 2 is 1.97 bits per heavy atom. The normalized spacial score (nSPS) is 21.9. The van der Waals surface area contributed by atoms with Crippen molar-refractivity contribution in [2.24, 2.45) is 0 Å². The molecule has 1 aromatic carbocycles. The zero-order valence-corrected chi connectivity index (χ0v) is 19.4. The lowest BCUT2D eigenvalue weighted by atomic mass is 10.0. The molecule has 1 aromatic rings. The van der Waals surface area contributed by atoms with Gasteiger partial charge < -0.3 is 15.1 Å². The Kier molecular flexibility index (Phi) is 7.09. The number of benzene rings is 1. The summed E-state index contributed by atoms with van der Waals surface area (Å²) in [7, 11) is 0. The number of carbonyl (C=O) groups excluding carboxylic acids is 4. The summed E-state index contributed by atoms with van der Waals surface area (Å²) in [6.07, 6.45) is 1.08. The van der Waals surface area contributed by atoms with Gasteiger partial charge in [0.1, 0.15) is 6.04 Å². The van der Waals surface area contributed by atoms with Crippen molar-refractivity contribution in [3.05, 3.63) is 34.9 Å². The van der Waals surface area contributed by atoms with Crippen LogP contribution in [0.3, 0.4) is 0 Å². The highest BCUT2D eigenvalue weighted by Crippen LogP contribution is 2.28. The zero-order valence-electron chi connectivity index (χ0n) is 19.4. The summed E-state index contributed by atoms with van der Waals surface area (Å²) in [5, 5.41) is 5.61. The quantitative estimate of drug-likeness (QED) is 0.580. The van der Waals surface area contributed by atoms with Crippen LogP contribution in [0.25, 0.3) is 0 Å². The molecule has 178 valence electrons. The van der Waals surface area contributed by atoms with Crippen LogP contribution in [-0.4, -0.2) is 83.1 Å². The number of imide groups is 1. The van der Waals surface area contributed by atoms with Crippen molar-refractivity contribution >= 4 is 23.6 Å². The molecule has 2 unspecified atom stereocenters. The Bertz CT molecular complexity index is 943. The van der Waals surface area contributed by atoms with Crippen LogP contribution >= 0.6 is 0 Å². The van der Waals surface area contributed by atoms with Gasteiger partial charge in [0.2, 0.25) is 17.7 Å². The van der Waals surface area contributed by atoms with Crippen LogP contribution in [-0.2, 0) is 27.5 Å². The third-order valence-corrected chi connectivity index (χ3v) is 6.95. The van der Waals surface area contributed by atoms with Crippen LogP contribution < -0.4 is 10.6 Å². The first-order valence-corrected chi connectivity index (χ1v) is 11.9. The third-order valence-electron chi connectivity index (χ3n) is 6.95. The minimum absolute atomic E-state index is 0.0845. The monoisotopic (exact) mass is 455 g/mol. The molecule has 4 amide bonds. The molecule has 0 aliphatic carbocycles. The van der Waals surface area contributed by atoms with Gasteiger partial charge in [0, 0.05) is 63.7 Å². The zero-order chi connectivity index (χ0) is 23.5. The number of hydrogen-bond donors (Lipinski definition) is 2. The average Bonchev–Trinajstić information content (AvgIpc) is 3.13. The van der Waals surface area contributed by atoms with Crippen LogP contribution in [0.4, 0.5) is 0 Å². The lowest BCUT2D eigenvalue weighted by molar-refractivity contribution is -0.137. The molecule has 0 radical (unpaired) electrons. The molecule has 0 spiro atoms. The number of piperazine rings is 1. The van der Waals surface area contributed by atoms with Gasteiger partial charge in [0.15, 0.2) is 0 Å². The number of carbonyl (C=O) groups is 4. The molecular weight excluding hydrogens is 422 g/mol. The van der Waals surface area contributed by atoms with E-state index in [0.29, 0.717) is 31.5 Å². The molecule has 3 heterocycles. The van der Waals surface area contributed by atoms with Crippen molar-refractivity contribution in [2.75, 3.05) is 32.7 Å². The summed E-state index contributed by atoms with van der Waals surface area (Å²) >= 11 is 0. The smallest absolute Gasteiger partial charge is 0.255 e. The van der Waals surface area contributed by atoms with Crippen molar-refractivity contribution < 1.29 is 19.2 Å². The summed E-state index contributed by atoms with van der Waals surface area (Å²) in [5.41, 5.74) is 2.53. The number of nitrogens with one attached hydrogen (secondary N) is 2. The fraction of sp³-hybridized carbons (Fsp3) is 0.583. The Morgan fingerprint density at radius 1 is 1.21 bits per heavy atom. The maximum Gasteiger partial charge on any atom is 0.255 e. The molecule has 0 bridgehead atoms. The standard InChI is InChI=1S/C24H33N5O4/c1-3-27(16(2)12-22(31)28-10-8-25-9-11-28)14-17-4-5-18-15-29(24(33)19(18)13-17)20-6-7-21(30)26-23(20)32/h4-5,13,16,20,25H,3,6-12,14-15H2,1-2H3,(H,26,30,32). The van der Waals surface area contributed by atoms with E-state index in [2.05, 4.69) is 29.4 Å². The number of nitrogens with zero attached hydrogens (tertiary/aromatic N) is 3. The molecular formula is C24H33N5O4. The number of fused-ring (bicyclic) bond motifs is 1. The van der Waals surface area contributed by atoms with E-state index in [1.165, 1.54) is 0 Å². The summed E-state index contributed by atoms with van der Waals surface area (Å²) in [4.78, 5) is 55.2. The minimum Gasteiger partial charge on any atom is -0.340 e. The van der Waals surface area contributed by atoms with E-state index >= 15 is 0 Å². The van der Waals surface area contributed by atoms with Crippen molar-refractivity contribution in [3.8, 4) is 0 Å². The van der Waals surface area contributed by atoms with Crippen molar-refractivity contribution in [1.29, 1.82) is 0 Å². The molecule has 3 aliphatic heterocycles. The van der Waals surface area contributed by atoms with Crippen LogP contribution in [0.5, 0.6) is 0 Å². The van der Waals surface area contributed by atoms with Gasteiger partial charge in [-0.05, 0) is 37.1 Å². The molecule has 2 N–H and O–H groups in total. The summed E-state index contributed by atoms with van der Waals surface area (Å²) < 4.78 is 0. The number of amides is 4. The fourth-order valence-corrected chi connectivity index (χ4v) is 4.94. The predicted octanol–water partition coefficient (Wildman–Crippen LogP) is 0.480. The summed E-state index contributed by atoms with van der Waals surface area (Å²) in [6.45, 7) is 9.18. The fourth-order valence-electron chi connectivity index (χ4n) is 4.94. The maximum absolute atomic E-state index is 13.1. The Labute approximate surface area is 194 Å².